The summed E-state index contributed by atoms with van der Waals surface area (Å²) in [4.78, 5) is 42.4. The van der Waals surface area contributed by atoms with E-state index in [-0.39, 0.29) is 35.8 Å². The molecule has 0 saturated carbocycles. The molecule has 2 aliphatic rings. The number of aromatic nitrogens is 4. The molecule has 5 aromatic rings. The minimum absolute atomic E-state index is 0.0887. The molecule has 0 radical (unpaired) electrons. The number of anilines is 1. The van der Waals surface area contributed by atoms with Crippen molar-refractivity contribution in [3.05, 3.63) is 107 Å². The molecule has 2 aromatic heterocycles. The number of imidazole rings is 1. The molecule has 0 bridgehead atoms. The number of non-ortho nitro benzene ring substituents is 1. The lowest BCUT2D eigenvalue weighted by Crippen LogP contribution is -2.54. The molecule has 13 nitrogen and oxygen atoms in total. The van der Waals surface area contributed by atoms with Gasteiger partial charge in [-0.2, -0.15) is 4.98 Å². The number of rotatable bonds is 9. The molecule has 3 aromatic carbocycles. The highest BCUT2D eigenvalue weighted by Gasteiger charge is 2.31. The first-order valence-corrected chi connectivity index (χ1v) is 14.6. The summed E-state index contributed by atoms with van der Waals surface area (Å²) in [6, 6.07) is 18.1. The number of nitro benzene ring substituents is 1. The van der Waals surface area contributed by atoms with Crippen molar-refractivity contribution < 1.29 is 19.2 Å². The van der Waals surface area contributed by atoms with Gasteiger partial charge in [0.1, 0.15) is 12.1 Å². The minimum atomic E-state index is -0.344. The van der Waals surface area contributed by atoms with Gasteiger partial charge in [-0.3, -0.25) is 24.4 Å². The third kappa shape index (κ3) is 5.97. The topological polar surface area (TPSA) is 141 Å². The van der Waals surface area contributed by atoms with Crippen LogP contribution in [0.1, 0.15) is 17.5 Å². The number of piperazine rings is 1. The summed E-state index contributed by atoms with van der Waals surface area (Å²) in [5.74, 6) is 2.50. The van der Waals surface area contributed by atoms with Crippen LogP contribution in [-0.2, 0) is 17.9 Å². The Morgan fingerprint density at radius 1 is 1.02 bits per heavy atom. The van der Waals surface area contributed by atoms with Crippen molar-refractivity contribution in [3.8, 4) is 17.4 Å². The molecule has 7 rings (SSSR count). The van der Waals surface area contributed by atoms with Gasteiger partial charge in [0.05, 0.1) is 16.4 Å². The minimum Gasteiger partial charge on any atom is -0.454 e. The van der Waals surface area contributed by atoms with E-state index in [4.69, 9.17) is 14.5 Å². The van der Waals surface area contributed by atoms with Gasteiger partial charge in [0.25, 0.3) is 5.69 Å². The molecule has 1 unspecified atom stereocenters. The van der Waals surface area contributed by atoms with Crippen LogP contribution in [0.2, 0.25) is 0 Å². The Hall–Kier alpha value is -5.56. The fraction of sp³-hybridized carbons (Fsp3) is 0.250. The van der Waals surface area contributed by atoms with E-state index in [1.807, 2.05) is 48.5 Å². The quantitative estimate of drug-likeness (QED) is 0.194. The highest BCUT2D eigenvalue weighted by Crippen LogP contribution is 2.33. The summed E-state index contributed by atoms with van der Waals surface area (Å²) in [6.07, 6.45) is 7.06. The lowest BCUT2D eigenvalue weighted by Gasteiger charge is -2.42. The molecule has 1 saturated heterocycles. The zero-order valence-corrected chi connectivity index (χ0v) is 24.3. The smallest absolute Gasteiger partial charge is 0.277 e. The van der Waals surface area contributed by atoms with Gasteiger partial charge in [-0.05, 0) is 40.8 Å². The number of amides is 1. The number of carbonyl (C=O) groups is 1. The maximum Gasteiger partial charge on any atom is 0.277 e. The van der Waals surface area contributed by atoms with E-state index in [1.165, 1.54) is 0 Å². The van der Waals surface area contributed by atoms with Gasteiger partial charge in [0, 0.05) is 63.8 Å². The van der Waals surface area contributed by atoms with E-state index in [1.54, 1.807) is 41.6 Å². The van der Waals surface area contributed by atoms with E-state index in [0.29, 0.717) is 55.6 Å². The average Bonchev–Trinajstić information content (AvgIpc) is 3.77. The Balaban J connectivity index is 1.11. The predicted octanol–water partition coefficient (Wildman–Crippen LogP) is 3.85. The van der Waals surface area contributed by atoms with Crippen LogP contribution in [-0.4, -0.2) is 67.7 Å². The molecular formula is C32H30N8O5. The van der Waals surface area contributed by atoms with Gasteiger partial charge in [0.2, 0.25) is 18.6 Å². The van der Waals surface area contributed by atoms with Gasteiger partial charge >= 0.3 is 0 Å². The maximum atomic E-state index is 13.4. The molecule has 0 aliphatic carbocycles. The number of ether oxygens (including phenoxy) is 2. The maximum absolute atomic E-state index is 13.4. The van der Waals surface area contributed by atoms with Gasteiger partial charge in [-0.25, -0.2) is 9.97 Å². The molecule has 1 amide bonds. The van der Waals surface area contributed by atoms with E-state index < -0.39 is 0 Å². The fourth-order valence-electron chi connectivity index (χ4n) is 5.96. The van der Waals surface area contributed by atoms with Crippen molar-refractivity contribution in [2.45, 2.75) is 25.6 Å². The lowest BCUT2D eigenvalue weighted by molar-refractivity contribution is -0.383. The largest absolute Gasteiger partial charge is 0.454 e. The summed E-state index contributed by atoms with van der Waals surface area (Å²) in [5, 5.41) is 16.2. The Morgan fingerprint density at radius 3 is 2.73 bits per heavy atom. The third-order valence-electron chi connectivity index (χ3n) is 8.15. The van der Waals surface area contributed by atoms with Crippen molar-refractivity contribution in [3.63, 3.8) is 0 Å². The number of hydrogen-bond donors (Lipinski definition) is 1. The van der Waals surface area contributed by atoms with Crippen LogP contribution >= 0.6 is 0 Å². The highest BCUT2D eigenvalue weighted by atomic mass is 16.7. The predicted molar refractivity (Wildman–Crippen MR) is 165 cm³/mol. The Morgan fingerprint density at radius 2 is 1.89 bits per heavy atom. The first-order valence-electron chi connectivity index (χ1n) is 14.6. The van der Waals surface area contributed by atoms with Crippen LogP contribution < -0.4 is 19.7 Å². The Labute approximate surface area is 258 Å². The number of hydrogen-bond acceptors (Lipinski definition) is 10. The average molecular weight is 607 g/mol. The van der Waals surface area contributed by atoms with E-state index in [0.717, 1.165) is 22.3 Å². The zero-order chi connectivity index (χ0) is 30.8. The van der Waals surface area contributed by atoms with Crippen LogP contribution in [0.4, 0.5) is 11.5 Å². The summed E-state index contributed by atoms with van der Waals surface area (Å²) in [5.41, 5.74) is 2.01. The Bertz CT molecular complexity index is 1860. The highest BCUT2D eigenvalue weighted by molar-refractivity contribution is 5.93. The van der Waals surface area contributed by atoms with E-state index >= 15 is 0 Å². The standard InChI is InChI=1S/C32H30N8O5/c41-31(35-17-22-5-8-28-29(15-22)45-21-44-28)16-24-19-37(18-23-6-7-27(40(42)43)26-4-2-1-3-25(23)26)13-14-39(24)30-9-10-34-32(36-30)38-12-11-33-20-38/h1-12,15,20,24H,13-14,16-19,21H2,(H,35,41). The molecule has 2 aliphatic heterocycles. The van der Waals surface area contributed by atoms with Crippen molar-refractivity contribution in [1.82, 2.24) is 29.7 Å². The van der Waals surface area contributed by atoms with Crippen LogP contribution in [0.25, 0.3) is 16.7 Å². The zero-order valence-electron chi connectivity index (χ0n) is 24.3. The second-order valence-corrected chi connectivity index (χ2v) is 11.0. The molecular weight excluding hydrogens is 576 g/mol. The van der Waals surface area contributed by atoms with Crippen molar-refractivity contribution >= 4 is 28.2 Å². The number of benzene rings is 3. The van der Waals surface area contributed by atoms with Crippen molar-refractivity contribution in [2.24, 2.45) is 0 Å². The van der Waals surface area contributed by atoms with Gasteiger partial charge < -0.3 is 19.7 Å². The summed E-state index contributed by atoms with van der Waals surface area (Å²) >= 11 is 0. The number of nitrogens with zero attached hydrogens (tertiary/aromatic N) is 7. The molecule has 1 fully saturated rings. The molecule has 45 heavy (non-hydrogen) atoms. The third-order valence-corrected chi connectivity index (χ3v) is 8.15. The van der Waals surface area contributed by atoms with Crippen LogP contribution in [0.5, 0.6) is 11.5 Å². The number of nitro groups is 1. The lowest BCUT2D eigenvalue weighted by atomic mass is 10.0. The van der Waals surface area contributed by atoms with E-state index in [2.05, 4.69) is 25.1 Å². The fourth-order valence-corrected chi connectivity index (χ4v) is 5.96. The van der Waals surface area contributed by atoms with E-state index in [9.17, 15) is 14.9 Å². The first kappa shape index (κ1) is 28.2. The number of fused-ring (bicyclic) bond motifs is 2. The molecule has 0 spiro atoms. The van der Waals surface area contributed by atoms with Gasteiger partial charge in [0.15, 0.2) is 11.5 Å². The van der Waals surface area contributed by atoms with Crippen LogP contribution in [0.15, 0.2) is 85.6 Å². The summed E-state index contributed by atoms with van der Waals surface area (Å²) in [6.45, 7) is 3.08. The Kier molecular flexibility index (Phi) is 7.66. The second-order valence-electron chi connectivity index (χ2n) is 11.0. The normalized spacial score (nSPS) is 16.2. The monoisotopic (exact) mass is 606 g/mol. The van der Waals surface area contributed by atoms with Crippen LogP contribution in [0, 0.1) is 10.1 Å². The summed E-state index contributed by atoms with van der Waals surface area (Å²) < 4.78 is 12.6. The number of carbonyl (C=O) groups excluding carboxylic acids is 1. The number of nitrogens with one attached hydrogen (secondary N) is 1. The molecule has 1 N–H and O–H groups in total. The van der Waals surface area contributed by atoms with Crippen LogP contribution in [0.3, 0.4) is 0 Å². The van der Waals surface area contributed by atoms with Crippen molar-refractivity contribution in [1.29, 1.82) is 0 Å². The SMILES string of the molecule is O=C(CC1CN(Cc2ccc([N+](=O)[O-])c3ccccc23)CCN1c1ccnc(-n2ccnc2)n1)NCc1ccc2c(c1)OCO2. The first-order chi connectivity index (χ1) is 22.0. The molecule has 228 valence electrons. The van der Waals surface area contributed by atoms with Gasteiger partial charge in [-0.1, -0.05) is 30.3 Å². The molecule has 1 atom stereocenters. The van der Waals surface area contributed by atoms with Gasteiger partial charge in [-0.15, -0.1) is 0 Å². The molecule has 13 heteroatoms. The molecule has 4 heterocycles. The second kappa shape index (κ2) is 12.2. The summed E-state index contributed by atoms with van der Waals surface area (Å²) in [7, 11) is 0. The van der Waals surface area contributed by atoms with Crippen molar-refractivity contribution in [2.75, 3.05) is 31.3 Å².